The maximum atomic E-state index is 11.7. The fraction of sp³-hybridized carbons (Fsp3) is 0.333. The van der Waals surface area contributed by atoms with E-state index in [-0.39, 0.29) is 17.9 Å². The van der Waals surface area contributed by atoms with Crippen molar-refractivity contribution in [3.05, 3.63) is 29.3 Å². The zero-order chi connectivity index (χ0) is 13.1. The Morgan fingerprint density at radius 1 is 1.50 bits per heavy atom. The van der Waals surface area contributed by atoms with Crippen molar-refractivity contribution in [1.82, 2.24) is 5.32 Å². The normalized spacial score (nSPS) is 15.3. The van der Waals surface area contributed by atoms with Gasteiger partial charge in [0.2, 0.25) is 0 Å². The monoisotopic (exact) mass is 248 g/mol. The van der Waals surface area contributed by atoms with Crippen LogP contribution in [0.25, 0.3) is 0 Å². The Morgan fingerprint density at radius 3 is 2.83 bits per heavy atom. The molecule has 6 heteroatoms. The molecule has 1 aliphatic rings. The van der Waals surface area contributed by atoms with Crippen molar-refractivity contribution in [3.8, 4) is 0 Å². The molecule has 0 spiro atoms. The zero-order valence-electron chi connectivity index (χ0n) is 10.1. The average molecular weight is 248 g/mol. The predicted octanol–water partition coefficient (Wildman–Crippen LogP) is 1.37. The van der Waals surface area contributed by atoms with Gasteiger partial charge in [0.05, 0.1) is 5.69 Å². The van der Waals surface area contributed by atoms with E-state index in [0.29, 0.717) is 11.3 Å². The van der Waals surface area contributed by atoms with Gasteiger partial charge >= 0.3 is 6.03 Å². The fourth-order valence-corrected chi connectivity index (χ4v) is 1.73. The Hall–Kier alpha value is -2.24. The highest BCUT2D eigenvalue weighted by Crippen LogP contribution is 2.21. The summed E-state index contributed by atoms with van der Waals surface area (Å²) in [6.45, 7) is 1.83. The van der Waals surface area contributed by atoms with E-state index in [2.05, 4.69) is 15.8 Å². The molecule has 1 fully saturated rings. The van der Waals surface area contributed by atoms with E-state index in [4.69, 9.17) is 10.9 Å². The second-order valence-electron chi connectivity index (χ2n) is 4.36. The number of urea groups is 1. The minimum Gasteiger partial charge on any atom is -0.409 e. The summed E-state index contributed by atoms with van der Waals surface area (Å²) in [7, 11) is 0. The maximum absolute atomic E-state index is 11.7. The number of nitrogens with one attached hydrogen (secondary N) is 2. The SMILES string of the molecule is Cc1cccc(NC(=O)NC2CC2)c1/C(N)=N/O. The van der Waals surface area contributed by atoms with E-state index in [1.165, 1.54) is 0 Å². The third-order valence-electron chi connectivity index (χ3n) is 2.80. The van der Waals surface area contributed by atoms with Crippen molar-refractivity contribution in [2.75, 3.05) is 5.32 Å². The molecule has 0 saturated heterocycles. The quantitative estimate of drug-likeness (QED) is 0.281. The molecule has 0 unspecified atom stereocenters. The average Bonchev–Trinajstić information content (AvgIpc) is 3.12. The first-order chi connectivity index (χ1) is 8.61. The number of hydrogen-bond acceptors (Lipinski definition) is 3. The number of amides is 2. The summed E-state index contributed by atoms with van der Waals surface area (Å²) in [5, 5.41) is 17.3. The van der Waals surface area contributed by atoms with Crippen LogP contribution < -0.4 is 16.4 Å². The first-order valence-corrected chi connectivity index (χ1v) is 5.77. The molecule has 0 heterocycles. The number of nitrogens with zero attached hydrogens (tertiary/aromatic N) is 1. The number of benzene rings is 1. The Bertz CT molecular complexity index is 495. The number of oxime groups is 1. The summed E-state index contributed by atoms with van der Waals surface area (Å²) in [6.07, 6.45) is 2.04. The lowest BCUT2D eigenvalue weighted by Crippen LogP contribution is -2.31. The molecular formula is C12H16N4O2. The van der Waals surface area contributed by atoms with Crippen molar-refractivity contribution in [1.29, 1.82) is 0 Å². The molecule has 1 aliphatic carbocycles. The van der Waals surface area contributed by atoms with E-state index >= 15 is 0 Å². The molecule has 1 saturated carbocycles. The van der Waals surface area contributed by atoms with Crippen LogP contribution in [0.2, 0.25) is 0 Å². The van der Waals surface area contributed by atoms with Crippen molar-refractivity contribution in [2.24, 2.45) is 10.9 Å². The molecular weight excluding hydrogens is 232 g/mol. The van der Waals surface area contributed by atoms with Gasteiger partial charge in [0.25, 0.3) is 0 Å². The number of aryl methyl sites for hydroxylation is 1. The highest BCUT2D eigenvalue weighted by molar-refractivity contribution is 6.06. The minimum absolute atomic E-state index is 0.0187. The molecule has 0 atom stereocenters. The summed E-state index contributed by atoms with van der Waals surface area (Å²) in [6, 6.07) is 5.36. The molecule has 96 valence electrons. The van der Waals surface area contributed by atoms with Gasteiger partial charge in [-0.25, -0.2) is 4.79 Å². The third-order valence-corrected chi connectivity index (χ3v) is 2.80. The number of hydrogen-bond donors (Lipinski definition) is 4. The lowest BCUT2D eigenvalue weighted by molar-refractivity contribution is 0.251. The molecule has 2 amide bonds. The highest BCUT2D eigenvalue weighted by Gasteiger charge is 2.23. The van der Waals surface area contributed by atoms with Crippen LogP contribution in [-0.4, -0.2) is 23.1 Å². The van der Waals surface area contributed by atoms with E-state index in [9.17, 15) is 4.79 Å². The molecule has 0 radical (unpaired) electrons. The van der Waals surface area contributed by atoms with Gasteiger partial charge in [-0.3, -0.25) is 0 Å². The Labute approximate surface area is 105 Å². The summed E-state index contributed by atoms with van der Waals surface area (Å²) in [5.41, 5.74) is 7.51. The first kappa shape index (κ1) is 12.2. The molecule has 2 rings (SSSR count). The van der Waals surface area contributed by atoms with E-state index in [0.717, 1.165) is 18.4 Å². The topological polar surface area (TPSA) is 99.7 Å². The smallest absolute Gasteiger partial charge is 0.319 e. The van der Waals surface area contributed by atoms with Crippen LogP contribution in [0.4, 0.5) is 10.5 Å². The van der Waals surface area contributed by atoms with Gasteiger partial charge in [-0.1, -0.05) is 17.3 Å². The van der Waals surface area contributed by atoms with Gasteiger partial charge in [0, 0.05) is 11.6 Å². The van der Waals surface area contributed by atoms with Crippen molar-refractivity contribution in [3.63, 3.8) is 0 Å². The number of carbonyl (C=O) groups excluding carboxylic acids is 1. The van der Waals surface area contributed by atoms with Crippen LogP contribution in [0.3, 0.4) is 0 Å². The van der Waals surface area contributed by atoms with Gasteiger partial charge in [-0.05, 0) is 31.4 Å². The van der Waals surface area contributed by atoms with Crippen molar-refractivity contribution in [2.45, 2.75) is 25.8 Å². The van der Waals surface area contributed by atoms with Crippen molar-refractivity contribution >= 4 is 17.6 Å². The Balaban J connectivity index is 2.20. The second kappa shape index (κ2) is 4.95. The lowest BCUT2D eigenvalue weighted by atomic mass is 10.1. The first-order valence-electron chi connectivity index (χ1n) is 5.77. The number of anilines is 1. The van der Waals surface area contributed by atoms with E-state index in [1.54, 1.807) is 12.1 Å². The molecule has 18 heavy (non-hydrogen) atoms. The Kier molecular flexibility index (Phi) is 3.36. The second-order valence-corrected chi connectivity index (χ2v) is 4.36. The zero-order valence-corrected chi connectivity index (χ0v) is 10.1. The van der Waals surface area contributed by atoms with Gasteiger partial charge in [0.1, 0.15) is 0 Å². The van der Waals surface area contributed by atoms with E-state index < -0.39 is 0 Å². The molecule has 0 aromatic heterocycles. The van der Waals surface area contributed by atoms with Gasteiger partial charge < -0.3 is 21.6 Å². The van der Waals surface area contributed by atoms with Crippen LogP contribution in [-0.2, 0) is 0 Å². The summed E-state index contributed by atoms with van der Waals surface area (Å²) >= 11 is 0. The fourth-order valence-electron chi connectivity index (χ4n) is 1.73. The van der Waals surface area contributed by atoms with Gasteiger partial charge in [0.15, 0.2) is 5.84 Å². The van der Waals surface area contributed by atoms with Crippen molar-refractivity contribution < 1.29 is 10.0 Å². The largest absolute Gasteiger partial charge is 0.409 e. The van der Waals surface area contributed by atoms with E-state index in [1.807, 2.05) is 13.0 Å². The maximum Gasteiger partial charge on any atom is 0.319 e. The molecule has 1 aromatic rings. The lowest BCUT2D eigenvalue weighted by Gasteiger charge is -2.12. The third kappa shape index (κ3) is 2.71. The molecule has 6 nitrogen and oxygen atoms in total. The standard InChI is InChI=1S/C12H16N4O2/c1-7-3-2-4-9(10(7)11(13)16-18)15-12(17)14-8-5-6-8/h2-4,8,18H,5-6H2,1H3,(H2,13,16)(H2,14,15,17). The van der Waals surface area contributed by atoms with Crippen LogP contribution >= 0.6 is 0 Å². The van der Waals surface area contributed by atoms with Crippen LogP contribution in [0, 0.1) is 6.92 Å². The number of nitrogens with two attached hydrogens (primary N) is 1. The van der Waals surface area contributed by atoms with Gasteiger partial charge in [-0.15, -0.1) is 0 Å². The highest BCUT2D eigenvalue weighted by atomic mass is 16.4. The minimum atomic E-state index is -0.268. The summed E-state index contributed by atoms with van der Waals surface area (Å²) in [5.74, 6) is -0.0187. The molecule has 1 aromatic carbocycles. The Morgan fingerprint density at radius 2 is 2.22 bits per heavy atom. The predicted molar refractivity (Wildman–Crippen MR) is 68.9 cm³/mol. The van der Waals surface area contributed by atoms with Crippen LogP contribution in [0.1, 0.15) is 24.0 Å². The summed E-state index contributed by atoms with van der Waals surface area (Å²) < 4.78 is 0. The summed E-state index contributed by atoms with van der Waals surface area (Å²) in [4.78, 5) is 11.7. The molecule has 0 bridgehead atoms. The van der Waals surface area contributed by atoms with Crippen LogP contribution in [0.5, 0.6) is 0 Å². The number of amidine groups is 1. The van der Waals surface area contributed by atoms with Crippen LogP contribution in [0.15, 0.2) is 23.4 Å². The molecule has 0 aliphatic heterocycles. The number of carbonyl (C=O) groups is 1. The molecule has 5 N–H and O–H groups in total. The number of rotatable bonds is 3. The van der Waals surface area contributed by atoms with Gasteiger partial charge in [-0.2, -0.15) is 0 Å².